The molecule has 0 fully saturated rings. The second-order valence-electron chi connectivity index (χ2n) is 3.92. The van der Waals surface area contributed by atoms with E-state index in [-0.39, 0.29) is 4.13 Å². The van der Waals surface area contributed by atoms with Gasteiger partial charge in [-0.05, 0) is 0 Å². The topological polar surface area (TPSA) is 98.8 Å². The molecule has 0 aromatic rings. The molecular weight excluding hydrogens is 436 g/mol. The van der Waals surface area contributed by atoms with Gasteiger partial charge in [-0.2, -0.15) is 60.7 Å². The van der Waals surface area contributed by atoms with E-state index in [9.17, 15) is 60.7 Å². The Labute approximate surface area is 132 Å². The van der Waals surface area contributed by atoms with Crippen molar-refractivity contribution in [2.24, 2.45) is 0 Å². The fourth-order valence-electron chi connectivity index (χ4n) is 0.640. The van der Waals surface area contributed by atoms with Crippen molar-refractivity contribution < 1.29 is 69.1 Å². The maximum Gasteiger partial charge on any atom is 0.455 e. The molecule has 0 bridgehead atoms. The molecule has 0 saturated heterocycles. The first kappa shape index (κ1) is 24.1. The minimum absolute atomic E-state index is 0.0793. The number of nitrogens with one attached hydrogen (secondary N) is 1. The predicted molar refractivity (Wildman–Crippen MR) is 54.9 cm³/mol. The van der Waals surface area contributed by atoms with Gasteiger partial charge in [-0.15, -0.1) is 0 Å². The SMILES string of the molecule is O=S(=O)(NS(=O)(=O)OCC(F)(F)C(F)(F)F)OCC(F)(F)C(F)(F)F. The van der Waals surface area contributed by atoms with Crippen molar-refractivity contribution in [1.29, 1.82) is 0 Å². The zero-order chi connectivity index (χ0) is 20.5. The fourth-order valence-corrected chi connectivity index (χ4v) is 2.63. The van der Waals surface area contributed by atoms with E-state index in [1.54, 1.807) is 0 Å². The second kappa shape index (κ2) is 7.00. The first-order valence-electron chi connectivity index (χ1n) is 5.08. The highest BCUT2D eigenvalue weighted by Gasteiger charge is 2.59. The van der Waals surface area contributed by atoms with Crippen LogP contribution in [0.2, 0.25) is 0 Å². The summed E-state index contributed by atoms with van der Waals surface area (Å²) >= 11 is 0. The normalized spacial score (nSPS) is 15.4. The summed E-state index contributed by atoms with van der Waals surface area (Å²) in [6.07, 6.45) is -12.6. The van der Waals surface area contributed by atoms with Crippen molar-refractivity contribution in [3.05, 3.63) is 0 Å². The highest BCUT2D eigenvalue weighted by molar-refractivity contribution is 8.00. The van der Waals surface area contributed by atoms with E-state index in [2.05, 4.69) is 8.37 Å². The van der Waals surface area contributed by atoms with Crippen molar-refractivity contribution in [2.75, 3.05) is 13.2 Å². The number of hydrogen-bond donors (Lipinski definition) is 1. The van der Waals surface area contributed by atoms with Crippen LogP contribution in [0.3, 0.4) is 0 Å². The van der Waals surface area contributed by atoms with Crippen LogP contribution in [0.4, 0.5) is 43.9 Å². The summed E-state index contributed by atoms with van der Waals surface area (Å²) in [6, 6.07) is 0. The molecule has 0 aliphatic rings. The van der Waals surface area contributed by atoms with Crippen LogP contribution in [0, 0.1) is 0 Å². The summed E-state index contributed by atoms with van der Waals surface area (Å²) in [5.41, 5.74) is 0. The molecule has 0 amide bonds. The van der Waals surface area contributed by atoms with Crippen LogP contribution < -0.4 is 4.13 Å². The Bertz CT molecular complexity index is 607. The molecule has 0 unspecified atom stereocenters. The van der Waals surface area contributed by atoms with Crippen LogP contribution in [0.5, 0.6) is 0 Å². The second-order valence-corrected chi connectivity index (χ2v) is 6.87. The lowest BCUT2D eigenvalue weighted by atomic mass is 10.3. The van der Waals surface area contributed by atoms with Crippen LogP contribution in [0.15, 0.2) is 0 Å². The molecule has 0 spiro atoms. The molecule has 0 aromatic heterocycles. The van der Waals surface area contributed by atoms with Crippen molar-refractivity contribution in [3.8, 4) is 0 Å². The van der Waals surface area contributed by atoms with Crippen molar-refractivity contribution >= 4 is 20.6 Å². The van der Waals surface area contributed by atoms with E-state index < -0.39 is 58.0 Å². The van der Waals surface area contributed by atoms with Gasteiger partial charge in [0.1, 0.15) is 13.2 Å². The minimum Gasteiger partial charge on any atom is -0.251 e. The quantitative estimate of drug-likeness (QED) is 0.574. The molecule has 0 aliphatic carbocycles. The van der Waals surface area contributed by atoms with Gasteiger partial charge < -0.3 is 0 Å². The zero-order valence-electron chi connectivity index (χ0n) is 11.0. The Morgan fingerprint density at radius 3 is 1.04 bits per heavy atom. The third-order valence-corrected chi connectivity index (χ3v) is 4.31. The van der Waals surface area contributed by atoms with Gasteiger partial charge in [0.05, 0.1) is 0 Å². The lowest BCUT2D eigenvalue weighted by molar-refractivity contribution is -0.289. The molecule has 19 heteroatoms. The smallest absolute Gasteiger partial charge is 0.251 e. The Hall–Kier alpha value is -0.920. The highest BCUT2D eigenvalue weighted by Crippen LogP contribution is 2.36. The summed E-state index contributed by atoms with van der Waals surface area (Å²) in [5.74, 6) is -11.5. The third kappa shape index (κ3) is 7.46. The first-order chi connectivity index (χ1) is 10.6. The van der Waals surface area contributed by atoms with Gasteiger partial charge in [0.25, 0.3) is 0 Å². The van der Waals surface area contributed by atoms with Crippen molar-refractivity contribution in [2.45, 2.75) is 24.2 Å². The molecule has 0 saturated carbocycles. The molecule has 0 aromatic carbocycles. The summed E-state index contributed by atoms with van der Waals surface area (Å²) in [6.45, 7) is -5.89. The first-order valence-corrected chi connectivity index (χ1v) is 7.90. The van der Waals surface area contributed by atoms with Crippen LogP contribution in [0.25, 0.3) is 0 Å². The molecule has 152 valence electrons. The van der Waals surface area contributed by atoms with Crippen LogP contribution in [-0.2, 0) is 29.0 Å². The van der Waals surface area contributed by atoms with Gasteiger partial charge >= 0.3 is 44.8 Å². The molecule has 0 atom stereocenters. The number of hydrogen-bond acceptors (Lipinski definition) is 6. The van der Waals surface area contributed by atoms with E-state index in [1.165, 1.54) is 0 Å². The maximum atomic E-state index is 12.4. The van der Waals surface area contributed by atoms with Gasteiger partial charge in [0.15, 0.2) is 0 Å². The van der Waals surface area contributed by atoms with Crippen LogP contribution >= 0.6 is 0 Å². The standard InChI is InChI=1S/C6H5F10NO6S2/c7-3(8,5(11,12)13)1-22-24(18,19)17-25(20,21)23-2-4(9,10)6(14,15)16/h17H,1-2H2. The summed E-state index contributed by atoms with van der Waals surface area (Å²) < 4.78 is 169. The highest BCUT2D eigenvalue weighted by atomic mass is 32.3. The largest absolute Gasteiger partial charge is 0.455 e. The predicted octanol–water partition coefficient (Wildman–Crippen LogP) is 1.49. The van der Waals surface area contributed by atoms with Gasteiger partial charge in [-0.3, -0.25) is 8.37 Å². The number of halogens is 10. The summed E-state index contributed by atoms with van der Waals surface area (Å²) in [5, 5.41) is 0. The van der Waals surface area contributed by atoms with Gasteiger partial charge in [0, 0.05) is 0 Å². The Morgan fingerprint density at radius 1 is 0.600 bits per heavy atom. The zero-order valence-corrected chi connectivity index (χ0v) is 12.6. The average molecular weight is 441 g/mol. The number of rotatable bonds is 8. The Morgan fingerprint density at radius 2 is 0.840 bits per heavy atom. The molecular formula is C6H5F10NO6S2. The third-order valence-electron chi connectivity index (χ3n) is 1.82. The van der Waals surface area contributed by atoms with E-state index in [1.807, 2.05) is 0 Å². The summed E-state index contributed by atoms with van der Waals surface area (Å²) in [4.78, 5) is 0. The molecule has 1 N–H and O–H groups in total. The van der Waals surface area contributed by atoms with E-state index in [4.69, 9.17) is 0 Å². The summed E-state index contributed by atoms with van der Waals surface area (Å²) in [7, 11) is -12.0. The van der Waals surface area contributed by atoms with Gasteiger partial charge in [-0.1, -0.05) is 4.13 Å². The monoisotopic (exact) mass is 441 g/mol. The van der Waals surface area contributed by atoms with Crippen LogP contribution in [-0.4, -0.2) is 54.2 Å². The fraction of sp³-hybridized carbons (Fsp3) is 1.00. The molecule has 0 aliphatic heterocycles. The molecule has 25 heavy (non-hydrogen) atoms. The molecule has 0 rings (SSSR count). The van der Waals surface area contributed by atoms with Gasteiger partial charge in [0.2, 0.25) is 0 Å². The molecule has 0 heterocycles. The minimum atomic E-state index is -6.29. The lowest BCUT2D eigenvalue weighted by Crippen LogP contribution is -2.45. The van der Waals surface area contributed by atoms with E-state index in [0.717, 1.165) is 0 Å². The van der Waals surface area contributed by atoms with Crippen molar-refractivity contribution in [1.82, 2.24) is 4.13 Å². The molecule has 0 radical (unpaired) electrons. The lowest BCUT2D eigenvalue weighted by Gasteiger charge is -2.20. The maximum absolute atomic E-state index is 12.4. The van der Waals surface area contributed by atoms with Gasteiger partial charge in [-0.25, -0.2) is 0 Å². The van der Waals surface area contributed by atoms with Crippen LogP contribution in [0.1, 0.15) is 0 Å². The Balaban J connectivity index is 4.95. The van der Waals surface area contributed by atoms with E-state index >= 15 is 0 Å². The Kier molecular flexibility index (Phi) is 6.75. The van der Waals surface area contributed by atoms with E-state index in [0.29, 0.717) is 0 Å². The molecule has 7 nitrogen and oxygen atoms in total. The average Bonchev–Trinajstić information content (AvgIpc) is 2.31. The van der Waals surface area contributed by atoms with Crippen molar-refractivity contribution in [3.63, 3.8) is 0 Å². The number of alkyl halides is 10.